The maximum Gasteiger partial charge on any atom is 0.115 e. The fourth-order valence-corrected chi connectivity index (χ4v) is 2.38. The van der Waals surface area contributed by atoms with Gasteiger partial charge in [-0.25, -0.2) is 0 Å². The largest absolute Gasteiger partial charge is 0.508 e. The van der Waals surface area contributed by atoms with Crippen LogP contribution in [-0.4, -0.2) is 10.1 Å². The van der Waals surface area contributed by atoms with Crippen molar-refractivity contribution in [2.75, 3.05) is 0 Å². The molecular formula is C17H16N2O. The Morgan fingerprint density at radius 3 is 2.80 bits per heavy atom. The van der Waals surface area contributed by atoms with E-state index in [1.807, 2.05) is 36.4 Å². The van der Waals surface area contributed by atoms with Crippen LogP contribution < -0.4 is 5.73 Å². The van der Waals surface area contributed by atoms with Gasteiger partial charge < -0.3 is 10.8 Å². The third kappa shape index (κ3) is 2.63. The summed E-state index contributed by atoms with van der Waals surface area (Å²) in [5.41, 5.74) is 9.35. The van der Waals surface area contributed by atoms with Gasteiger partial charge in [-0.2, -0.15) is 0 Å². The van der Waals surface area contributed by atoms with E-state index in [-0.39, 0.29) is 11.8 Å². The van der Waals surface area contributed by atoms with E-state index in [1.165, 1.54) is 0 Å². The van der Waals surface area contributed by atoms with Gasteiger partial charge in [0.25, 0.3) is 0 Å². The molecule has 1 aromatic heterocycles. The highest BCUT2D eigenvalue weighted by Crippen LogP contribution is 2.22. The summed E-state index contributed by atoms with van der Waals surface area (Å²) < 4.78 is 0. The number of benzene rings is 2. The predicted octanol–water partition coefficient (Wildman–Crippen LogP) is 3.18. The lowest BCUT2D eigenvalue weighted by atomic mass is 9.98. The highest BCUT2D eigenvalue weighted by molar-refractivity contribution is 5.79. The third-order valence-electron chi connectivity index (χ3n) is 3.42. The first kappa shape index (κ1) is 12.6. The Morgan fingerprint density at radius 1 is 1.05 bits per heavy atom. The zero-order valence-electron chi connectivity index (χ0n) is 11.0. The first-order valence-corrected chi connectivity index (χ1v) is 6.60. The molecule has 0 aliphatic rings. The van der Waals surface area contributed by atoms with Gasteiger partial charge in [-0.05, 0) is 47.9 Å². The Kier molecular flexibility index (Phi) is 3.35. The van der Waals surface area contributed by atoms with Crippen LogP contribution in [0.3, 0.4) is 0 Å². The average Bonchev–Trinajstić information content (AvgIpc) is 2.47. The lowest BCUT2D eigenvalue weighted by Gasteiger charge is -2.13. The molecule has 0 amide bonds. The first-order chi connectivity index (χ1) is 9.72. The van der Waals surface area contributed by atoms with Gasteiger partial charge in [0.2, 0.25) is 0 Å². The second-order valence-corrected chi connectivity index (χ2v) is 4.94. The van der Waals surface area contributed by atoms with Gasteiger partial charge in [-0.3, -0.25) is 4.98 Å². The minimum Gasteiger partial charge on any atom is -0.508 e. The van der Waals surface area contributed by atoms with Crippen molar-refractivity contribution in [3.05, 3.63) is 71.9 Å². The van der Waals surface area contributed by atoms with Crippen molar-refractivity contribution in [1.82, 2.24) is 4.98 Å². The van der Waals surface area contributed by atoms with Crippen molar-refractivity contribution in [2.45, 2.75) is 12.5 Å². The third-order valence-corrected chi connectivity index (χ3v) is 3.42. The number of phenols is 1. The number of aromatic hydroxyl groups is 1. The topological polar surface area (TPSA) is 59.1 Å². The maximum absolute atomic E-state index is 9.49. The normalized spacial score (nSPS) is 12.4. The second-order valence-electron chi connectivity index (χ2n) is 4.94. The van der Waals surface area contributed by atoms with E-state index in [0.29, 0.717) is 6.42 Å². The lowest BCUT2D eigenvalue weighted by molar-refractivity contribution is 0.474. The number of nitrogens with zero attached hydrogens (tertiary/aromatic N) is 1. The Hall–Kier alpha value is -2.39. The van der Waals surface area contributed by atoms with Crippen LogP contribution in [0.5, 0.6) is 5.75 Å². The van der Waals surface area contributed by atoms with Crippen molar-refractivity contribution < 1.29 is 5.11 Å². The van der Waals surface area contributed by atoms with Crippen molar-refractivity contribution in [3.8, 4) is 5.75 Å². The number of fused-ring (bicyclic) bond motifs is 1. The molecule has 3 aromatic rings. The Labute approximate surface area is 117 Å². The number of nitrogens with two attached hydrogens (primary N) is 1. The quantitative estimate of drug-likeness (QED) is 0.763. The molecule has 0 fully saturated rings. The molecule has 3 nitrogen and oxygen atoms in total. The van der Waals surface area contributed by atoms with Crippen LogP contribution in [0.4, 0.5) is 0 Å². The molecule has 1 atom stereocenters. The molecule has 0 aliphatic heterocycles. The lowest BCUT2D eigenvalue weighted by Crippen LogP contribution is -2.13. The van der Waals surface area contributed by atoms with Gasteiger partial charge in [-0.1, -0.05) is 24.3 Å². The number of rotatable bonds is 3. The number of aromatic nitrogens is 1. The van der Waals surface area contributed by atoms with Crippen LogP contribution >= 0.6 is 0 Å². The molecule has 20 heavy (non-hydrogen) atoms. The van der Waals surface area contributed by atoms with Crippen LogP contribution in [0.25, 0.3) is 10.9 Å². The van der Waals surface area contributed by atoms with E-state index < -0.39 is 0 Å². The van der Waals surface area contributed by atoms with Gasteiger partial charge in [0.05, 0.1) is 5.52 Å². The van der Waals surface area contributed by atoms with Gasteiger partial charge in [0, 0.05) is 17.6 Å². The molecule has 100 valence electrons. The smallest absolute Gasteiger partial charge is 0.115 e. The summed E-state index contributed by atoms with van der Waals surface area (Å²) in [7, 11) is 0. The molecule has 2 aromatic carbocycles. The zero-order chi connectivity index (χ0) is 13.9. The fourth-order valence-electron chi connectivity index (χ4n) is 2.38. The van der Waals surface area contributed by atoms with Crippen molar-refractivity contribution >= 4 is 10.9 Å². The van der Waals surface area contributed by atoms with Gasteiger partial charge >= 0.3 is 0 Å². The number of hydrogen-bond donors (Lipinski definition) is 2. The molecule has 0 bridgehead atoms. The highest BCUT2D eigenvalue weighted by Gasteiger charge is 2.08. The second kappa shape index (κ2) is 5.31. The fraction of sp³-hybridized carbons (Fsp3) is 0.118. The minimum atomic E-state index is -0.0959. The molecule has 3 rings (SSSR count). The van der Waals surface area contributed by atoms with Crippen LogP contribution in [0.1, 0.15) is 17.2 Å². The van der Waals surface area contributed by atoms with E-state index in [9.17, 15) is 5.11 Å². The molecule has 0 aliphatic carbocycles. The zero-order valence-corrected chi connectivity index (χ0v) is 11.0. The van der Waals surface area contributed by atoms with E-state index >= 15 is 0 Å². The molecule has 0 radical (unpaired) electrons. The van der Waals surface area contributed by atoms with Gasteiger partial charge in [0.15, 0.2) is 0 Å². The molecular weight excluding hydrogens is 248 g/mol. The Balaban J connectivity index is 1.86. The summed E-state index contributed by atoms with van der Waals surface area (Å²) in [6.07, 6.45) is 2.48. The minimum absolute atomic E-state index is 0.0959. The Morgan fingerprint density at radius 2 is 1.95 bits per heavy atom. The van der Waals surface area contributed by atoms with E-state index in [2.05, 4.69) is 11.1 Å². The highest BCUT2D eigenvalue weighted by atomic mass is 16.3. The average molecular weight is 264 g/mol. The van der Waals surface area contributed by atoms with E-state index in [1.54, 1.807) is 18.3 Å². The first-order valence-electron chi connectivity index (χ1n) is 6.60. The van der Waals surface area contributed by atoms with Gasteiger partial charge in [0.1, 0.15) is 5.75 Å². The van der Waals surface area contributed by atoms with Crippen LogP contribution in [-0.2, 0) is 6.42 Å². The summed E-state index contributed by atoms with van der Waals surface area (Å²) in [6, 6.07) is 17.2. The van der Waals surface area contributed by atoms with Crippen molar-refractivity contribution in [2.24, 2.45) is 5.73 Å². The SMILES string of the molecule is NC(Cc1cccc(O)c1)c1ccc2ncccc2c1. The molecule has 0 saturated carbocycles. The molecule has 1 heterocycles. The predicted molar refractivity (Wildman–Crippen MR) is 80.5 cm³/mol. The Bertz CT molecular complexity index is 740. The summed E-state index contributed by atoms with van der Waals surface area (Å²) in [5.74, 6) is 0.275. The van der Waals surface area contributed by atoms with Gasteiger partial charge in [-0.15, -0.1) is 0 Å². The molecule has 0 spiro atoms. The van der Waals surface area contributed by atoms with Crippen molar-refractivity contribution in [1.29, 1.82) is 0 Å². The summed E-state index contributed by atoms with van der Waals surface area (Å²) in [5, 5.41) is 10.6. The van der Waals surface area contributed by atoms with Crippen LogP contribution in [0.15, 0.2) is 60.8 Å². The molecule has 3 heteroatoms. The number of phenolic OH excluding ortho intramolecular Hbond substituents is 1. The molecule has 1 unspecified atom stereocenters. The van der Waals surface area contributed by atoms with Crippen LogP contribution in [0, 0.1) is 0 Å². The monoisotopic (exact) mass is 264 g/mol. The van der Waals surface area contributed by atoms with E-state index in [4.69, 9.17) is 5.73 Å². The van der Waals surface area contributed by atoms with E-state index in [0.717, 1.165) is 22.0 Å². The summed E-state index contributed by atoms with van der Waals surface area (Å²) in [6.45, 7) is 0. The summed E-state index contributed by atoms with van der Waals surface area (Å²) >= 11 is 0. The molecule has 3 N–H and O–H groups in total. The van der Waals surface area contributed by atoms with Crippen LogP contribution in [0.2, 0.25) is 0 Å². The maximum atomic E-state index is 9.49. The number of hydrogen-bond acceptors (Lipinski definition) is 3. The molecule has 0 saturated heterocycles. The standard InChI is InChI=1S/C17H16N2O/c18-16(10-12-3-1-5-15(20)9-12)13-6-7-17-14(11-13)4-2-8-19-17/h1-9,11,16,20H,10,18H2. The summed E-state index contributed by atoms with van der Waals surface area (Å²) in [4.78, 5) is 4.30. The van der Waals surface area contributed by atoms with Crippen molar-refractivity contribution in [3.63, 3.8) is 0 Å². The number of pyridine rings is 1.